The fourth-order valence-electron chi connectivity index (χ4n) is 1.83. The van der Waals surface area contributed by atoms with Crippen LogP contribution < -0.4 is 0 Å². The van der Waals surface area contributed by atoms with E-state index in [2.05, 4.69) is 18.8 Å². The van der Waals surface area contributed by atoms with Gasteiger partial charge in [0.25, 0.3) is 0 Å². The number of hydrogen-bond acceptors (Lipinski definition) is 2. The van der Waals surface area contributed by atoms with Crippen molar-refractivity contribution in [1.29, 1.82) is 0 Å². The summed E-state index contributed by atoms with van der Waals surface area (Å²) in [7, 11) is 0. The Balaban J connectivity index is 2.61. The normalized spacial score (nSPS) is 11.1. The van der Waals surface area contributed by atoms with Crippen LogP contribution >= 0.6 is 0 Å². The van der Waals surface area contributed by atoms with Gasteiger partial charge < -0.3 is 5.11 Å². The number of rotatable bonds is 2. The number of pyridine rings is 1. The highest BCUT2D eigenvalue weighted by Crippen LogP contribution is 2.26. The maximum absolute atomic E-state index is 9.67. The molecule has 0 radical (unpaired) electrons. The van der Waals surface area contributed by atoms with Gasteiger partial charge in [0.05, 0.1) is 0 Å². The van der Waals surface area contributed by atoms with Crippen LogP contribution in [0.25, 0.3) is 10.9 Å². The molecule has 0 saturated heterocycles. The van der Waals surface area contributed by atoms with Crippen molar-refractivity contribution in [2.75, 3.05) is 0 Å². The van der Waals surface area contributed by atoms with Crippen LogP contribution in [0.1, 0.15) is 19.4 Å². The topological polar surface area (TPSA) is 33.1 Å². The summed E-state index contributed by atoms with van der Waals surface area (Å²) in [5.41, 5.74) is 1.96. The number of fused-ring (bicyclic) bond motifs is 1. The highest BCUT2D eigenvalue weighted by atomic mass is 16.3. The molecule has 0 fully saturated rings. The third-order valence-corrected chi connectivity index (χ3v) is 2.47. The molecule has 0 aliphatic carbocycles. The summed E-state index contributed by atoms with van der Waals surface area (Å²) in [6.07, 6.45) is 2.73. The molecule has 0 atom stereocenters. The standard InChI is InChI=1S/C13H15NO/c1-9(2)8-10-5-6-12(15)13-11(10)4-3-7-14-13/h3-7,9,15H,8H2,1-2H3. The maximum atomic E-state index is 9.67. The fourth-order valence-corrected chi connectivity index (χ4v) is 1.83. The highest BCUT2D eigenvalue weighted by molar-refractivity contribution is 5.87. The predicted molar refractivity (Wildman–Crippen MR) is 61.9 cm³/mol. The second-order valence-electron chi connectivity index (χ2n) is 4.24. The Bertz CT molecular complexity index is 477. The Labute approximate surface area is 89.6 Å². The van der Waals surface area contributed by atoms with Crippen molar-refractivity contribution in [2.45, 2.75) is 20.3 Å². The Hall–Kier alpha value is -1.57. The van der Waals surface area contributed by atoms with E-state index in [0.29, 0.717) is 11.4 Å². The minimum atomic E-state index is 0.262. The number of hydrogen-bond donors (Lipinski definition) is 1. The van der Waals surface area contributed by atoms with Gasteiger partial charge >= 0.3 is 0 Å². The van der Waals surface area contributed by atoms with Gasteiger partial charge in [0.15, 0.2) is 0 Å². The van der Waals surface area contributed by atoms with Gasteiger partial charge in [0, 0.05) is 11.6 Å². The van der Waals surface area contributed by atoms with E-state index in [1.165, 1.54) is 5.56 Å². The van der Waals surface area contributed by atoms with Crippen molar-refractivity contribution in [3.63, 3.8) is 0 Å². The quantitative estimate of drug-likeness (QED) is 0.809. The minimum absolute atomic E-state index is 0.262. The lowest BCUT2D eigenvalue weighted by Gasteiger charge is -2.09. The van der Waals surface area contributed by atoms with Crippen LogP contribution in [0, 0.1) is 5.92 Å². The number of phenolic OH excluding ortho intramolecular Hbond substituents is 1. The van der Waals surface area contributed by atoms with Crippen molar-refractivity contribution < 1.29 is 5.11 Å². The van der Waals surface area contributed by atoms with Crippen molar-refractivity contribution in [3.05, 3.63) is 36.0 Å². The second kappa shape index (κ2) is 3.89. The third-order valence-electron chi connectivity index (χ3n) is 2.47. The van der Waals surface area contributed by atoms with Crippen LogP contribution in [-0.4, -0.2) is 10.1 Å². The third kappa shape index (κ3) is 1.94. The Morgan fingerprint density at radius 3 is 2.80 bits per heavy atom. The van der Waals surface area contributed by atoms with E-state index in [-0.39, 0.29) is 5.75 Å². The molecule has 78 valence electrons. The average molecular weight is 201 g/mol. The van der Waals surface area contributed by atoms with Gasteiger partial charge in [-0.3, -0.25) is 4.98 Å². The van der Waals surface area contributed by atoms with E-state index in [1.54, 1.807) is 12.3 Å². The van der Waals surface area contributed by atoms with Gasteiger partial charge in [-0.1, -0.05) is 26.0 Å². The molecule has 2 heteroatoms. The van der Waals surface area contributed by atoms with Gasteiger partial charge in [-0.2, -0.15) is 0 Å². The molecule has 1 N–H and O–H groups in total. The van der Waals surface area contributed by atoms with Gasteiger partial charge in [-0.25, -0.2) is 0 Å². The Morgan fingerprint density at radius 2 is 2.07 bits per heavy atom. The molecule has 0 aliphatic heterocycles. The maximum Gasteiger partial charge on any atom is 0.141 e. The molecule has 0 bridgehead atoms. The van der Waals surface area contributed by atoms with Crippen LogP contribution in [0.15, 0.2) is 30.5 Å². The summed E-state index contributed by atoms with van der Waals surface area (Å²) in [5, 5.41) is 10.7. The van der Waals surface area contributed by atoms with E-state index in [9.17, 15) is 5.11 Å². The molecule has 2 nitrogen and oxygen atoms in total. The summed E-state index contributed by atoms with van der Waals surface area (Å²) in [6, 6.07) is 7.64. The first-order valence-electron chi connectivity index (χ1n) is 5.24. The second-order valence-corrected chi connectivity index (χ2v) is 4.24. The van der Waals surface area contributed by atoms with Gasteiger partial charge in [-0.05, 0) is 30.0 Å². The van der Waals surface area contributed by atoms with Crippen LogP contribution in [0.4, 0.5) is 0 Å². The summed E-state index contributed by atoms with van der Waals surface area (Å²) >= 11 is 0. The first-order chi connectivity index (χ1) is 7.18. The average Bonchev–Trinajstić information content (AvgIpc) is 2.22. The first kappa shape index (κ1) is 9.97. The number of aromatic nitrogens is 1. The van der Waals surface area contributed by atoms with Crippen LogP contribution in [-0.2, 0) is 6.42 Å². The predicted octanol–water partition coefficient (Wildman–Crippen LogP) is 3.14. The summed E-state index contributed by atoms with van der Waals surface area (Å²) < 4.78 is 0. The van der Waals surface area contributed by atoms with Gasteiger partial charge in [0.1, 0.15) is 11.3 Å². The molecule has 0 amide bonds. The zero-order chi connectivity index (χ0) is 10.8. The number of benzene rings is 1. The van der Waals surface area contributed by atoms with E-state index in [0.717, 1.165) is 11.8 Å². The van der Waals surface area contributed by atoms with E-state index in [1.807, 2.05) is 18.2 Å². The Morgan fingerprint density at radius 1 is 1.27 bits per heavy atom. The van der Waals surface area contributed by atoms with Crippen LogP contribution in [0.5, 0.6) is 5.75 Å². The van der Waals surface area contributed by atoms with E-state index < -0.39 is 0 Å². The monoisotopic (exact) mass is 201 g/mol. The molecule has 2 aromatic rings. The summed E-state index contributed by atoms with van der Waals surface area (Å²) in [5.74, 6) is 0.871. The van der Waals surface area contributed by atoms with Gasteiger partial charge in [0.2, 0.25) is 0 Å². The molecule has 1 aromatic carbocycles. The smallest absolute Gasteiger partial charge is 0.141 e. The van der Waals surface area contributed by atoms with Crippen molar-refractivity contribution in [2.24, 2.45) is 5.92 Å². The number of nitrogens with zero attached hydrogens (tertiary/aromatic N) is 1. The molecule has 1 aromatic heterocycles. The van der Waals surface area contributed by atoms with Gasteiger partial charge in [-0.15, -0.1) is 0 Å². The van der Waals surface area contributed by atoms with Crippen molar-refractivity contribution in [3.8, 4) is 5.75 Å². The molecule has 0 aliphatic rings. The molecule has 0 unspecified atom stereocenters. The lowest BCUT2D eigenvalue weighted by molar-refractivity contribution is 0.480. The largest absolute Gasteiger partial charge is 0.506 e. The van der Waals surface area contributed by atoms with Crippen LogP contribution in [0.2, 0.25) is 0 Å². The van der Waals surface area contributed by atoms with Crippen molar-refractivity contribution >= 4 is 10.9 Å². The highest BCUT2D eigenvalue weighted by Gasteiger charge is 2.06. The first-order valence-corrected chi connectivity index (χ1v) is 5.24. The zero-order valence-electron chi connectivity index (χ0n) is 9.07. The zero-order valence-corrected chi connectivity index (χ0v) is 9.07. The molecular formula is C13H15NO. The lowest BCUT2D eigenvalue weighted by atomic mass is 9.98. The Kier molecular flexibility index (Phi) is 2.58. The fraction of sp³-hybridized carbons (Fsp3) is 0.308. The summed E-state index contributed by atoms with van der Waals surface area (Å²) in [4.78, 5) is 4.20. The molecule has 15 heavy (non-hydrogen) atoms. The molecule has 0 saturated carbocycles. The van der Waals surface area contributed by atoms with E-state index >= 15 is 0 Å². The van der Waals surface area contributed by atoms with Crippen molar-refractivity contribution in [1.82, 2.24) is 4.98 Å². The summed E-state index contributed by atoms with van der Waals surface area (Å²) in [6.45, 7) is 4.38. The molecule has 1 heterocycles. The van der Waals surface area contributed by atoms with Crippen LogP contribution in [0.3, 0.4) is 0 Å². The number of aromatic hydroxyl groups is 1. The molecule has 0 spiro atoms. The minimum Gasteiger partial charge on any atom is -0.506 e. The molecule has 2 rings (SSSR count). The SMILES string of the molecule is CC(C)Cc1ccc(O)c2ncccc12. The number of phenols is 1. The molecular weight excluding hydrogens is 186 g/mol. The van der Waals surface area contributed by atoms with E-state index in [4.69, 9.17) is 0 Å². The lowest BCUT2D eigenvalue weighted by Crippen LogP contribution is -1.95.